The summed E-state index contributed by atoms with van der Waals surface area (Å²) in [6.07, 6.45) is -10.7. The van der Waals surface area contributed by atoms with Crippen molar-refractivity contribution in [1.82, 2.24) is 0 Å². The van der Waals surface area contributed by atoms with Crippen molar-refractivity contribution < 1.29 is 51.3 Å². The highest BCUT2D eigenvalue weighted by Gasteiger charge is 2.71. The van der Waals surface area contributed by atoms with Crippen LogP contribution in [0.3, 0.4) is 0 Å². The molecule has 4 atom stereocenters. The predicted molar refractivity (Wildman–Crippen MR) is 79.7 cm³/mol. The van der Waals surface area contributed by atoms with Crippen LogP contribution in [0.5, 0.6) is 0 Å². The number of rotatable bonds is 4. The molecule has 1 aliphatic rings. The van der Waals surface area contributed by atoms with Crippen molar-refractivity contribution in [1.29, 1.82) is 0 Å². The summed E-state index contributed by atoms with van der Waals surface area (Å²) in [6.45, 7) is 3.50. The Morgan fingerprint density at radius 3 is 1.77 bits per heavy atom. The fourth-order valence-electron chi connectivity index (χ4n) is 2.36. The Kier molecular flexibility index (Phi) is 6.91. The van der Waals surface area contributed by atoms with Crippen LogP contribution in [-0.2, 0) is 38.1 Å². The average Bonchev–Trinajstić information content (AvgIpc) is 2.42. The van der Waals surface area contributed by atoms with Crippen LogP contribution in [0, 0.1) is 0 Å². The Balaban J connectivity index is 3.49. The molecule has 0 unspecified atom stereocenters. The van der Waals surface area contributed by atoms with E-state index < -0.39 is 59.1 Å². The molecule has 148 valence electrons. The fraction of sp³-hybridized carbons (Fsp3) is 0.714. The van der Waals surface area contributed by atoms with Crippen molar-refractivity contribution in [3.05, 3.63) is 0 Å². The van der Waals surface area contributed by atoms with Crippen molar-refractivity contribution in [3.8, 4) is 0 Å². The minimum Gasteiger partial charge on any atom is -0.458 e. The molecule has 1 saturated heterocycles. The summed E-state index contributed by atoms with van der Waals surface area (Å²) in [5, 5.41) is 0. The van der Waals surface area contributed by atoms with Gasteiger partial charge in [-0.3, -0.25) is 19.2 Å². The monoisotopic (exact) mass is 402 g/mol. The van der Waals surface area contributed by atoms with Crippen molar-refractivity contribution >= 4 is 35.6 Å². The van der Waals surface area contributed by atoms with E-state index in [0.717, 1.165) is 27.7 Å². The fourth-order valence-corrected chi connectivity index (χ4v) is 3.72. The molecule has 0 saturated carbocycles. The molecule has 0 aromatic heterocycles. The summed E-state index contributed by atoms with van der Waals surface area (Å²) in [5.74, 6) is -4.81. The third kappa shape index (κ3) is 5.02. The largest absolute Gasteiger partial charge is 0.458 e. The number of carbonyl (C=O) groups excluding carboxylic acids is 4. The van der Waals surface area contributed by atoms with Crippen LogP contribution in [0.4, 0.5) is 13.2 Å². The second-order valence-corrected chi connectivity index (χ2v) is 6.55. The number of hydrogen-bond donors (Lipinski definition) is 0. The summed E-state index contributed by atoms with van der Waals surface area (Å²) in [4.78, 5) is 41.9. The quantitative estimate of drug-likeness (QED) is 0.509. The summed E-state index contributed by atoms with van der Waals surface area (Å²) < 4.78 is 60.5. The molecule has 8 nitrogen and oxygen atoms in total. The molecule has 12 heteroatoms. The summed E-state index contributed by atoms with van der Waals surface area (Å²) >= 11 is 0.0631. The maximum atomic E-state index is 13.8. The summed E-state index contributed by atoms with van der Waals surface area (Å²) in [6, 6.07) is 0. The van der Waals surface area contributed by atoms with Gasteiger partial charge < -0.3 is 18.9 Å². The first-order valence-electron chi connectivity index (χ1n) is 7.22. The number of thioether (sulfide) groups is 1. The highest BCUT2D eigenvalue weighted by atomic mass is 32.2. The summed E-state index contributed by atoms with van der Waals surface area (Å²) in [7, 11) is 0. The highest BCUT2D eigenvalue weighted by molar-refractivity contribution is 8.00. The van der Waals surface area contributed by atoms with Crippen molar-refractivity contribution in [3.63, 3.8) is 0 Å². The van der Waals surface area contributed by atoms with Gasteiger partial charge in [0.2, 0.25) is 6.10 Å². The second kappa shape index (κ2) is 8.14. The Labute approximate surface area is 150 Å². The van der Waals surface area contributed by atoms with E-state index in [1.807, 2.05) is 0 Å². The number of halogens is 3. The van der Waals surface area contributed by atoms with Gasteiger partial charge in [0.25, 0.3) is 4.93 Å². The van der Waals surface area contributed by atoms with Crippen LogP contribution in [0.1, 0.15) is 27.7 Å². The van der Waals surface area contributed by atoms with Gasteiger partial charge in [-0.05, 0) is 0 Å². The molecular weight excluding hydrogens is 385 g/mol. The lowest BCUT2D eigenvalue weighted by Gasteiger charge is -2.47. The van der Waals surface area contributed by atoms with E-state index in [2.05, 4.69) is 4.74 Å². The highest BCUT2D eigenvalue weighted by Crippen LogP contribution is 2.51. The first-order valence-corrected chi connectivity index (χ1v) is 8.20. The Morgan fingerprint density at radius 2 is 1.38 bits per heavy atom. The molecule has 0 spiro atoms. The molecule has 26 heavy (non-hydrogen) atoms. The van der Waals surface area contributed by atoms with E-state index in [1.165, 1.54) is 0 Å². The SMILES string of the molecule is CC(=O)O[C@H]1[C@@H](OC(C)=O)CS[C@@](OC(C)=O)(C(F)(F)F)[C@@H]1OC(C)=O. The molecule has 1 heterocycles. The topological polar surface area (TPSA) is 105 Å². The third-order valence-corrected chi connectivity index (χ3v) is 4.58. The molecule has 0 radical (unpaired) electrons. The zero-order chi connectivity index (χ0) is 20.3. The lowest BCUT2D eigenvalue weighted by Crippen LogP contribution is -2.67. The number of esters is 4. The number of alkyl halides is 3. The van der Waals surface area contributed by atoms with Gasteiger partial charge in [-0.2, -0.15) is 13.2 Å². The maximum Gasteiger partial charge on any atom is 0.442 e. The van der Waals surface area contributed by atoms with Gasteiger partial charge in [0.1, 0.15) is 0 Å². The lowest BCUT2D eigenvalue weighted by atomic mass is 10.0. The van der Waals surface area contributed by atoms with Gasteiger partial charge in [-0.25, -0.2) is 0 Å². The van der Waals surface area contributed by atoms with E-state index in [4.69, 9.17) is 14.2 Å². The molecule has 0 aliphatic carbocycles. The Morgan fingerprint density at radius 1 is 0.885 bits per heavy atom. The second-order valence-electron chi connectivity index (χ2n) is 5.32. The van der Waals surface area contributed by atoms with Gasteiger partial charge >= 0.3 is 30.1 Å². The zero-order valence-corrected chi connectivity index (χ0v) is 15.1. The molecule has 0 bridgehead atoms. The van der Waals surface area contributed by atoms with Gasteiger partial charge in [0.05, 0.1) is 0 Å². The van der Waals surface area contributed by atoms with Crippen LogP contribution >= 0.6 is 11.8 Å². The molecule has 1 aliphatic heterocycles. The summed E-state index contributed by atoms with van der Waals surface area (Å²) in [5.41, 5.74) is 0. The van der Waals surface area contributed by atoms with E-state index in [1.54, 1.807) is 0 Å². The standard InChI is InChI=1S/C14H17F3O8S/c1-6(18)22-10-5-26-13(14(15,16)17,25-9(4)21)12(24-8(3)20)11(10)23-7(2)19/h10-12H,5H2,1-4H3/t10-,11-,12+,13+/m0/s1. The molecule has 1 fully saturated rings. The minimum absolute atomic E-state index is 0.0631. The van der Waals surface area contributed by atoms with Gasteiger partial charge in [-0.15, -0.1) is 0 Å². The van der Waals surface area contributed by atoms with Crippen LogP contribution < -0.4 is 0 Å². The van der Waals surface area contributed by atoms with E-state index in [0.29, 0.717) is 0 Å². The van der Waals surface area contributed by atoms with Gasteiger partial charge in [0.15, 0.2) is 12.2 Å². The first-order chi connectivity index (χ1) is 11.8. The number of hydrogen-bond acceptors (Lipinski definition) is 9. The van der Waals surface area contributed by atoms with Crippen molar-refractivity contribution in [2.75, 3.05) is 5.75 Å². The van der Waals surface area contributed by atoms with E-state index in [9.17, 15) is 32.3 Å². The third-order valence-electron chi connectivity index (χ3n) is 3.10. The molecule has 0 aromatic rings. The molecule has 0 aromatic carbocycles. The van der Waals surface area contributed by atoms with Crippen molar-refractivity contribution in [2.24, 2.45) is 0 Å². The number of ether oxygens (including phenoxy) is 4. The zero-order valence-electron chi connectivity index (χ0n) is 14.2. The van der Waals surface area contributed by atoms with Crippen LogP contribution in [0.2, 0.25) is 0 Å². The lowest BCUT2D eigenvalue weighted by molar-refractivity contribution is -0.280. The van der Waals surface area contributed by atoms with Gasteiger partial charge in [0, 0.05) is 33.4 Å². The molecule has 0 N–H and O–H groups in total. The first kappa shape index (κ1) is 22.1. The van der Waals surface area contributed by atoms with Crippen molar-refractivity contribution in [2.45, 2.75) is 57.1 Å². The van der Waals surface area contributed by atoms with Gasteiger partial charge in [-0.1, -0.05) is 11.8 Å². The maximum absolute atomic E-state index is 13.8. The van der Waals surface area contributed by atoms with Crippen LogP contribution in [-0.4, -0.2) is 59.1 Å². The Bertz CT molecular complexity index is 593. The smallest absolute Gasteiger partial charge is 0.442 e. The van der Waals surface area contributed by atoms with E-state index >= 15 is 0 Å². The number of carbonyl (C=O) groups is 4. The average molecular weight is 402 g/mol. The normalized spacial score (nSPS) is 28.7. The molecule has 1 rings (SSSR count). The van der Waals surface area contributed by atoms with Crippen LogP contribution in [0.15, 0.2) is 0 Å². The Hall–Kier alpha value is -1.98. The predicted octanol–water partition coefficient (Wildman–Crippen LogP) is 1.35. The molecule has 0 amide bonds. The minimum atomic E-state index is -5.19. The molecular formula is C14H17F3O8S. The van der Waals surface area contributed by atoms with Crippen LogP contribution in [0.25, 0.3) is 0 Å². The van der Waals surface area contributed by atoms with E-state index in [-0.39, 0.29) is 11.8 Å².